The van der Waals surface area contributed by atoms with Crippen molar-refractivity contribution in [2.24, 2.45) is 4.99 Å². The lowest BCUT2D eigenvalue weighted by molar-refractivity contribution is 0.114. The average Bonchev–Trinajstić information content (AvgIpc) is 3.02. The van der Waals surface area contributed by atoms with E-state index in [0.29, 0.717) is 18.1 Å². The van der Waals surface area contributed by atoms with Gasteiger partial charge in [0.25, 0.3) is 0 Å². The van der Waals surface area contributed by atoms with E-state index in [1.807, 2.05) is 0 Å². The van der Waals surface area contributed by atoms with Crippen molar-refractivity contribution in [3.63, 3.8) is 0 Å². The van der Waals surface area contributed by atoms with E-state index < -0.39 is 0 Å². The first kappa shape index (κ1) is 15.7. The van der Waals surface area contributed by atoms with Crippen molar-refractivity contribution in [2.75, 3.05) is 20.2 Å². The first-order chi connectivity index (χ1) is 10.2. The zero-order chi connectivity index (χ0) is 15.1. The van der Waals surface area contributed by atoms with Crippen LogP contribution < -0.4 is 10.6 Å². The standard InChI is InChI=1S/C15H22FN3O2/c1-17-15(19-9-13-3-2-6-21-13)18-8-11-4-5-14(16)12(7-11)10-20/h4-5,7,13,20H,2-3,6,8-10H2,1H3,(H2,17,18,19). The Kier molecular flexibility index (Phi) is 5.95. The zero-order valence-electron chi connectivity index (χ0n) is 12.2. The quantitative estimate of drug-likeness (QED) is 0.563. The van der Waals surface area contributed by atoms with E-state index in [1.54, 1.807) is 19.2 Å². The van der Waals surface area contributed by atoms with Crippen LogP contribution in [0.5, 0.6) is 0 Å². The van der Waals surface area contributed by atoms with Crippen LogP contribution in [-0.2, 0) is 17.9 Å². The minimum absolute atomic E-state index is 0.246. The molecule has 1 aliphatic rings. The summed E-state index contributed by atoms with van der Waals surface area (Å²) >= 11 is 0. The number of guanidine groups is 1. The van der Waals surface area contributed by atoms with Crippen molar-refractivity contribution in [1.82, 2.24) is 10.6 Å². The van der Waals surface area contributed by atoms with Crippen LogP contribution in [0.15, 0.2) is 23.2 Å². The number of aliphatic hydroxyl groups excluding tert-OH is 1. The van der Waals surface area contributed by atoms with E-state index in [0.717, 1.165) is 31.6 Å². The summed E-state index contributed by atoms with van der Waals surface area (Å²) in [6, 6.07) is 4.70. The van der Waals surface area contributed by atoms with Crippen molar-refractivity contribution < 1.29 is 14.2 Å². The first-order valence-electron chi connectivity index (χ1n) is 7.17. The maximum Gasteiger partial charge on any atom is 0.191 e. The molecule has 0 bridgehead atoms. The maximum absolute atomic E-state index is 13.3. The Balaban J connectivity index is 1.82. The second-order valence-electron chi connectivity index (χ2n) is 5.03. The molecule has 6 heteroatoms. The summed E-state index contributed by atoms with van der Waals surface area (Å²) in [5.41, 5.74) is 1.19. The van der Waals surface area contributed by atoms with Gasteiger partial charge in [0.15, 0.2) is 5.96 Å². The van der Waals surface area contributed by atoms with Gasteiger partial charge >= 0.3 is 0 Å². The summed E-state index contributed by atoms with van der Waals surface area (Å²) in [6.45, 7) is 1.77. The van der Waals surface area contributed by atoms with E-state index in [2.05, 4.69) is 15.6 Å². The van der Waals surface area contributed by atoms with Crippen LogP contribution in [0.3, 0.4) is 0 Å². The average molecular weight is 295 g/mol. The minimum Gasteiger partial charge on any atom is -0.392 e. The molecule has 0 saturated carbocycles. The third-order valence-electron chi connectivity index (χ3n) is 3.49. The lowest BCUT2D eigenvalue weighted by atomic mass is 10.1. The second kappa shape index (κ2) is 7.95. The van der Waals surface area contributed by atoms with Crippen LogP contribution in [0.2, 0.25) is 0 Å². The molecule has 1 unspecified atom stereocenters. The summed E-state index contributed by atoms with van der Waals surface area (Å²) in [4.78, 5) is 4.14. The van der Waals surface area contributed by atoms with Gasteiger partial charge in [-0.15, -0.1) is 0 Å². The number of hydrogen-bond donors (Lipinski definition) is 3. The number of aliphatic imine (C=N–C) groups is 1. The number of nitrogens with one attached hydrogen (secondary N) is 2. The third kappa shape index (κ3) is 4.68. The number of ether oxygens (including phenoxy) is 1. The largest absolute Gasteiger partial charge is 0.392 e. The van der Waals surface area contributed by atoms with E-state index in [1.165, 1.54) is 6.07 Å². The molecule has 0 aliphatic carbocycles. The highest BCUT2D eigenvalue weighted by Crippen LogP contribution is 2.11. The highest BCUT2D eigenvalue weighted by Gasteiger charge is 2.15. The zero-order valence-corrected chi connectivity index (χ0v) is 12.2. The number of rotatable bonds is 5. The van der Waals surface area contributed by atoms with Gasteiger partial charge in [0.2, 0.25) is 0 Å². The Labute approximate surface area is 124 Å². The van der Waals surface area contributed by atoms with Crippen molar-refractivity contribution in [2.45, 2.75) is 32.1 Å². The lowest BCUT2D eigenvalue weighted by Gasteiger charge is -2.15. The Hall–Kier alpha value is -1.66. The molecule has 116 valence electrons. The van der Waals surface area contributed by atoms with E-state index in [9.17, 15) is 4.39 Å². The molecule has 1 fully saturated rings. The summed E-state index contributed by atoms with van der Waals surface area (Å²) < 4.78 is 18.8. The summed E-state index contributed by atoms with van der Waals surface area (Å²) in [5.74, 6) is 0.294. The Morgan fingerprint density at radius 2 is 2.33 bits per heavy atom. The van der Waals surface area contributed by atoms with Crippen LogP contribution in [0.4, 0.5) is 4.39 Å². The fourth-order valence-electron chi connectivity index (χ4n) is 2.28. The van der Waals surface area contributed by atoms with Gasteiger partial charge in [-0.1, -0.05) is 6.07 Å². The molecule has 1 saturated heterocycles. The molecule has 5 nitrogen and oxygen atoms in total. The molecular formula is C15H22FN3O2. The monoisotopic (exact) mass is 295 g/mol. The molecular weight excluding hydrogens is 273 g/mol. The van der Waals surface area contributed by atoms with Gasteiger partial charge in [0, 0.05) is 32.3 Å². The van der Waals surface area contributed by atoms with E-state index in [4.69, 9.17) is 9.84 Å². The molecule has 1 aromatic rings. The number of halogens is 1. The summed E-state index contributed by atoms with van der Waals surface area (Å²) in [6.07, 6.45) is 2.43. The topological polar surface area (TPSA) is 65.9 Å². The fraction of sp³-hybridized carbons (Fsp3) is 0.533. The van der Waals surface area contributed by atoms with Gasteiger partial charge in [-0.2, -0.15) is 0 Å². The van der Waals surface area contributed by atoms with Gasteiger partial charge < -0.3 is 20.5 Å². The van der Waals surface area contributed by atoms with Crippen molar-refractivity contribution >= 4 is 5.96 Å². The molecule has 3 N–H and O–H groups in total. The van der Waals surface area contributed by atoms with Gasteiger partial charge in [-0.05, 0) is 30.5 Å². The van der Waals surface area contributed by atoms with E-state index in [-0.39, 0.29) is 18.5 Å². The highest BCUT2D eigenvalue weighted by molar-refractivity contribution is 5.79. The van der Waals surface area contributed by atoms with Crippen molar-refractivity contribution in [1.29, 1.82) is 0 Å². The smallest absolute Gasteiger partial charge is 0.191 e. The van der Waals surface area contributed by atoms with Crippen molar-refractivity contribution in [3.05, 3.63) is 35.1 Å². The molecule has 1 aliphatic heterocycles. The Bertz CT molecular complexity index is 488. The minimum atomic E-state index is -0.387. The lowest BCUT2D eigenvalue weighted by Crippen LogP contribution is -2.40. The molecule has 1 atom stereocenters. The second-order valence-corrected chi connectivity index (χ2v) is 5.03. The molecule has 21 heavy (non-hydrogen) atoms. The normalized spacial score (nSPS) is 18.8. The molecule has 0 amide bonds. The Morgan fingerprint density at radius 3 is 3.00 bits per heavy atom. The van der Waals surface area contributed by atoms with Gasteiger partial charge in [0.05, 0.1) is 12.7 Å². The fourth-order valence-corrected chi connectivity index (χ4v) is 2.28. The molecule has 2 rings (SSSR count). The number of hydrogen-bond acceptors (Lipinski definition) is 3. The highest BCUT2D eigenvalue weighted by atomic mass is 19.1. The van der Waals surface area contributed by atoms with Crippen LogP contribution in [0.1, 0.15) is 24.0 Å². The van der Waals surface area contributed by atoms with E-state index >= 15 is 0 Å². The van der Waals surface area contributed by atoms with Gasteiger partial charge in [-0.3, -0.25) is 4.99 Å². The van der Waals surface area contributed by atoms with Crippen LogP contribution >= 0.6 is 0 Å². The molecule has 0 spiro atoms. The van der Waals surface area contributed by atoms with Crippen molar-refractivity contribution in [3.8, 4) is 0 Å². The predicted molar refractivity (Wildman–Crippen MR) is 79.5 cm³/mol. The SMILES string of the molecule is CN=C(NCc1ccc(F)c(CO)c1)NCC1CCCO1. The van der Waals surface area contributed by atoms with Gasteiger partial charge in [-0.25, -0.2) is 4.39 Å². The number of benzene rings is 1. The third-order valence-corrected chi connectivity index (χ3v) is 3.49. The van der Waals surface area contributed by atoms with Crippen LogP contribution in [0.25, 0.3) is 0 Å². The van der Waals surface area contributed by atoms with Crippen LogP contribution in [0, 0.1) is 5.82 Å². The molecule has 1 heterocycles. The first-order valence-corrected chi connectivity index (χ1v) is 7.17. The van der Waals surface area contributed by atoms with Crippen LogP contribution in [-0.4, -0.2) is 37.4 Å². The predicted octanol–water partition coefficient (Wildman–Crippen LogP) is 1.16. The van der Waals surface area contributed by atoms with Gasteiger partial charge in [0.1, 0.15) is 5.82 Å². The number of nitrogens with zero attached hydrogens (tertiary/aromatic N) is 1. The summed E-state index contributed by atoms with van der Waals surface area (Å²) in [5, 5.41) is 15.4. The maximum atomic E-state index is 13.3. The molecule has 1 aromatic carbocycles. The molecule has 0 radical (unpaired) electrons. The number of aliphatic hydroxyl groups is 1. The Morgan fingerprint density at radius 1 is 1.48 bits per heavy atom. The molecule has 0 aromatic heterocycles. The summed E-state index contributed by atoms with van der Waals surface area (Å²) in [7, 11) is 1.70.